The van der Waals surface area contributed by atoms with E-state index < -0.39 is 0 Å². The zero-order valence-corrected chi connectivity index (χ0v) is 15.8. The minimum absolute atomic E-state index is 0.0936. The molecule has 1 aliphatic rings. The summed E-state index contributed by atoms with van der Waals surface area (Å²) in [5, 5.41) is 0.591. The molecule has 1 aromatic carbocycles. The maximum Gasteiger partial charge on any atom is 0.312 e. The van der Waals surface area contributed by atoms with Crippen molar-refractivity contribution in [3.8, 4) is 11.8 Å². The summed E-state index contributed by atoms with van der Waals surface area (Å²) in [6.45, 7) is 0.602. The van der Waals surface area contributed by atoms with Gasteiger partial charge in [0, 0.05) is 18.2 Å². The molecule has 0 amide bonds. The molecule has 1 heterocycles. The maximum atomic E-state index is 6.29. The van der Waals surface area contributed by atoms with E-state index in [0.29, 0.717) is 18.0 Å². The molecule has 0 saturated heterocycles. The first-order valence-corrected chi connectivity index (χ1v) is 8.39. The topological polar surface area (TPSA) is 47.7 Å². The van der Waals surface area contributed by atoms with E-state index in [1.807, 2.05) is 18.2 Å². The first kappa shape index (κ1) is 17.8. The monoisotopic (exact) mass is 448 g/mol. The Bertz CT molecular complexity index is 680. The second kappa shape index (κ2) is 8.89. The third-order valence-electron chi connectivity index (χ3n) is 3.30. The largest absolute Gasteiger partial charge is 0.547 e. The molecule has 0 saturated carbocycles. The van der Waals surface area contributed by atoms with Crippen LogP contribution in [0.3, 0.4) is 0 Å². The highest BCUT2D eigenvalue weighted by atomic mass is 127. The summed E-state index contributed by atoms with van der Waals surface area (Å²) in [6.07, 6.45) is 4.03. The van der Waals surface area contributed by atoms with Gasteiger partial charge in [-0.25, -0.2) is 0 Å². The van der Waals surface area contributed by atoms with Crippen molar-refractivity contribution in [3.05, 3.63) is 51.9 Å². The predicted octanol–water partition coefficient (Wildman–Crippen LogP) is 4.71. The highest BCUT2D eigenvalue weighted by Gasteiger charge is 2.31. The summed E-state index contributed by atoms with van der Waals surface area (Å²) in [5.74, 6) is 2.43. The molecule has 0 bridgehead atoms. The summed E-state index contributed by atoms with van der Waals surface area (Å²) in [4.78, 5) is 4.19. The van der Waals surface area contributed by atoms with Crippen LogP contribution in [0.5, 0.6) is 5.75 Å². The van der Waals surface area contributed by atoms with Gasteiger partial charge in [-0.2, -0.15) is 0 Å². The van der Waals surface area contributed by atoms with Crippen LogP contribution in [0, 0.1) is 12.0 Å². The van der Waals surface area contributed by atoms with E-state index in [9.17, 15) is 0 Å². The number of methoxy groups -OCH3 is 2. The van der Waals surface area contributed by atoms with Crippen LogP contribution < -0.4 is 3.53 Å². The molecule has 7 heteroatoms. The van der Waals surface area contributed by atoms with Crippen molar-refractivity contribution in [2.24, 2.45) is 5.92 Å². The lowest BCUT2D eigenvalue weighted by Crippen LogP contribution is -2.14. The second-order valence-corrected chi connectivity index (χ2v) is 5.78. The van der Waals surface area contributed by atoms with E-state index in [2.05, 4.69) is 42.0 Å². The SMILES string of the molecule is CO/C=C(/C[C@@H]1C[N+]#CC=C1[OH+]c1ccc(NI)cc1Cl)OC. The average molecular weight is 449 g/mol. The molecule has 2 rings (SSSR count). The fourth-order valence-electron chi connectivity index (χ4n) is 2.13. The zero-order chi connectivity index (χ0) is 16.7. The van der Waals surface area contributed by atoms with Crippen LogP contribution >= 0.6 is 34.5 Å². The number of benzene rings is 1. The molecule has 1 atom stereocenters. The van der Waals surface area contributed by atoms with Crippen molar-refractivity contribution in [2.45, 2.75) is 6.42 Å². The number of aromatic hydroxyl groups is 1. The third-order valence-corrected chi connectivity index (χ3v) is 4.22. The normalized spacial score (nSPS) is 16.8. The molecular weight excluding hydrogens is 431 g/mol. The number of nitrogens with zero attached hydrogens (tertiary/aromatic N) is 1. The van der Waals surface area contributed by atoms with Crippen LogP contribution in [0.4, 0.5) is 5.69 Å². The van der Waals surface area contributed by atoms with Gasteiger partial charge in [0.2, 0.25) is 0 Å². The Morgan fingerprint density at radius 2 is 2.39 bits per heavy atom. The van der Waals surface area contributed by atoms with E-state index in [1.165, 1.54) is 0 Å². The number of rotatable bonds is 7. The van der Waals surface area contributed by atoms with E-state index in [1.54, 1.807) is 26.6 Å². The second-order valence-electron chi connectivity index (χ2n) is 4.84. The Morgan fingerprint density at radius 3 is 3.04 bits per heavy atom. The Labute approximate surface area is 154 Å². The van der Waals surface area contributed by atoms with Crippen LogP contribution in [0.25, 0.3) is 4.85 Å². The first-order valence-electron chi connectivity index (χ1n) is 6.93. The molecule has 122 valence electrons. The van der Waals surface area contributed by atoms with Crippen molar-refractivity contribution in [2.75, 3.05) is 24.3 Å². The van der Waals surface area contributed by atoms with Crippen molar-refractivity contribution in [1.82, 2.24) is 0 Å². The molecular formula is C16H18ClIN2O3+2. The molecule has 0 spiro atoms. The van der Waals surface area contributed by atoms with E-state index in [-0.39, 0.29) is 5.92 Å². The van der Waals surface area contributed by atoms with Gasteiger partial charge in [-0.1, -0.05) is 16.4 Å². The van der Waals surface area contributed by atoms with Crippen LogP contribution in [-0.2, 0) is 9.47 Å². The summed E-state index contributed by atoms with van der Waals surface area (Å²) >= 11 is 8.35. The van der Waals surface area contributed by atoms with E-state index in [0.717, 1.165) is 23.0 Å². The highest BCUT2D eigenvalue weighted by Crippen LogP contribution is 2.34. The minimum atomic E-state index is 0.0936. The van der Waals surface area contributed by atoms with Crippen molar-refractivity contribution >= 4 is 40.2 Å². The summed E-state index contributed by atoms with van der Waals surface area (Å²) in [6, 6.07) is 8.53. The smallest absolute Gasteiger partial charge is 0.312 e. The summed E-state index contributed by atoms with van der Waals surface area (Å²) in [5.41, 5.74) is 0.932. The lowest BCUT2D eigenvalue weighted by Gasteiger charge is -2.15. The molecule has 23 heavy (non-hydrogen) atoms. The Morgan fingerprint density at radius 1 is 1.57 bits per heavy atom. The zero-order valence-electron chi connectivity index (χ0n) is 12.8. The van der Waals surface area contributed by atoms with Gasteiger partial charge in [0.15, 0.2) is 12.0 Å². The molecule has 0 fully saturated rings. The van der Waals surface area contributed by atoms with Crippen LogP contribution in [-0.4, -0.2) is 25.5 Å². The van der Waals surface area contributed by atoms with Gasteiger partial charge in [0.05, 0.1) is 37.1 Å². The Balaban J connectivity index is 2.15. The summed E-state index contributed by atoms with van der Waals surface area (Å²) in [7, 11) is 3.21. The van der Waals surface area contributed by atoms with Gasteiger partial charge < -0.3 is 17.7 Å². The minimum Gasteiger partial charge on any atom is -0.547 e. The van der Waals surface area contributed by atoms with Crippen LogP contribution in [0.15, 0.2) is 42.1 Å². The van der Waals surface area contributed by atoms with Gasteiger partial charge in [0.25, 0.3) is 18.1 Å². The molecule has 2 N–H and O–H groups in total. The van der Waals surface area contributed by atoms with Gasteiger partial charge in [-0.15, -0.1) is 0 Å². The van der Waals surface area contributed by atoms with Crippen LogP contribution in [0.2, 0.25) is 5.02 Å². The number of nitrogens with one attached hydrogen (secondary N) is 1. The molecule has 1 aromatic rings. The number of halogens is 2. The molecule has 0 radical (unpaired) electrons. The Hall–Kier alpha value is -1.59. The molecule has 0 aliphatic carbocycles. The predicted molar refractivity (Wildman–Crippen MR) is 101 cm³/mol. The van der Waals surface area contributed by atoms with Gasteiger partial charge in [-0.3, -0.25) is 0 Å². The molecule has 5 nitrogen and oxygen atoms in total. The number of hydrogen-bond acceptors (Lipinski definition) is 3. The Kier molecular flexibility index (Phi) is 6.86. The maximum absolute atomic E-state index is 6.29. The first-order chi connectivity index (χ1) is 11.2. The lowest BCUT2D eigenvalue weighted by molar-refractivity contribution is 0.115. The molecule has 1 aliphatic heterocycles. The fraction of sp³-hybridized carbons (Fsp3) is 0.312. The van der Waals surface area contributed by atoms with Crippen molar-refractivity contribution < 1.29 is 14.2 Å². The van der Waals surface area contributed by atoms with Crippen molar-refractivity contribution in [1.29, 1.82) is 0 Å². The standard InChI is InChI=1S/C16H17ClIN2O3/c1-21-10-13(22-2)7-11-9-19-6-5-15(11)23-16-4-3-12(20-18)8-14(16)17/h3-5,8,10-11,20H,7,9H2,1-2H3/q+1/p+1/b13-10-/t11-/m1/s1. The number of ether oxygens (including phenoxy) is 3. The lowest BCUT2D eigenvalue weighted by atomic mass is 10.0. The van der Waals surface area contributed by atoms with Gasteiger partial charge in [0.1, 0.15) is 17.0 Å². The van der Waals surface area contributed by atoms with Crippen molar-refractivity contribution in [3.63, 3.8) is 0 Å². The van der Waals surface area contributed by atoms with Gasteiger partial charge >= 0.3 is 6.07 Å². The molecule has 0 aromatic heterocycles. The molecule has 0 unspecified atom stereocenters. The average Bonchev–Trinajstić information content (AvgIpc) is 2.57. The number of aliphatic hydroxyl groups is 1. The fourth-order valence-corrected chi connectivity index (χ4v) is 2.69. The van der Waals surface area contributed by atoms with E-state index in [4.69, 9.17) is 21.1 Å². The number of hydrogen-bond donors (Lipinski definition) is 1. The highest BCUT2D eigenvalue weighted by molar-refractivity contribution is 14.1. The van der Waals surface area contributed by atoms with Gasteiger partial charge in [-0.05, 0) is 12.1 Å². The van der Waals surface area contributed by atoms with Crippen LogP contribution in [0.1, 0.15) is 6.42 Å². The summed E-state index contributed by atoms with van der Waals surface area (Å²) < 4.78 is 18.0. The third kappa shape index (κ3) is 4.94. The quantitative estimate of drug-likeness (QED) is 0.216. The number of allylic oxidation sites excluding steroid dienone is 2. The number of anilines is 1. The van der Waals surface area contributed by atoms with E-state index >= 15 is 0 Å².